The Labute approximate surface area is 209 Å². The normalized spacial score (nSPS) is 11.9. The smallest absolute Gasteiger partial charge is 0.271 e. The molecule has 0 atom stereocenters. The maximum absolute atomic E-state index is 12.8. The molecule has 4 aromatic carbocycles. The van der Waals surface area contributed by atoms with E-state index in [4.69, 9.17) is 4.74 Å². The monoisotopic (exact) mass is 497 g/mol. The number of benzene rings is 4. The molecule has 1 aliphatic carbocycles. The van der Waals surface area contributed by atoms with Crippen LogP contribution in [-0.2, 0) is 10.0 Å². The predicted octanol–water partition coefficient (Wildman–Crippen LogP) is 5.05. The molecular weight excluding hydrogens is 474 g/mol. The molecule has 4 aromatic rings. The molecule has 0 spiro atoms. The lowest BCUT2D eigenvalue weighted by Crippen LogP contribution is -2.20. The summed E-state index contributed by atoms with van der Waals surface area (Å²) >= 11 is 0. The van der Waals surface area contributed by atoms with Gasteiger partial charge in [-0.1, -0.05) is 48.5 Å². The van der Waals surface area contributed by atoms with Crippen LogP contribution in [0.1, 0.15) is 28.4 Å². The fourth-order valence-electron chi connectivity index (χ4n) is 4.07. The fourth-order valence-corrected chi connectivity index (χ4v) is 5.13. The van der Waals surface area contributed by atoms with E-state index in [9.17, 15) is 13.2 Å². The molecule has 8 heteroatoms. The van der Waals surface area contributed by atoms with Gasteiger partial charge in [0.05, 0.1) is 17.2 Å². The van der Waals surface area contributed by atoms with Gasteiger partial charge in [0.1, 0.15) is 5.75 Å². The molecular formula is C28H23N3O4S. The first kappa shape index (κ1) is 23.3. The van der Waals surface area contributed by atoms with Gasteiger partial charge < -0.3 is 4.74 Å². The first-order valence-electron chi connectivity index (χ1n) is 11.4. The molecule has 1 aliphatic rings. The number of hydrogen-bond acceptors (Lipinski definition) is 5. The Balaban J connectivity index is 1.30. The number of sulfonamides is 1. The van der Waals surface area contributed by atoms with Gasteiger partial charge in [-0.25, -0.2) is 13.8 Å². The summed E-state index contributed by atoms with van der Waals surface area (Å²) in [5, 5.41) is 4.42. The van der Waals surface area contributed by atoms with Crippen molar-refractivity contribution in [1.29, 1.82) is 0 Å². The highest BCUT2D eigenvalue weighted by atomic mass is 32.2. The summed E-state index contributed by atoms with van der Waals surface area (Å²) in [7, 11) is -3.78. The average molecular weight is 498 g/mol. The van der Waals surface area contributed by atoms with Crippen LogP contribution in [0, 0.1) is 0 Å². The predicted molar refractivity (Wildman–Crippen MR) is 140 cm³/mol. The minimum atomic E-state index is -3.78. The fraction of sp³-hybridized carbons (Fsp3) is 0.0714. The molecule has 0 radical (unpaired) electrons. The molecule has 0 fully saturated rings. The molecule has 0 saturated carbocycles. The highest BCUT2D eigenvalue weighted by molar-refractivity contribution is 7.92. The van der Waals surface area contributed by atoms with Crippen LogP contribution in [0.3, 0.4) is 0 Å². The Morgan fingerprint density at radius 2 is 1.33 bits per heavy atom. The van der Waals surface area contributed by atoms with Gasteiger partial charge in [-0.05, 0) is 66.6 Å². The van der Waals surface area contributed by atoms with E-state index in [2.05, 4.69) is 15.2 Å². The van der Waals surface area contributed by atoms with Gasteiger partial charge in [-0.2, -0.15) is 5.10 Å². The van der Waals surface area contributed by atoms with Crippen molar-refractivity contribution in [3.05, 3.63) is 114 Å². The lowest BCUT2D eigenvalue weighted by Gasteiger charge is -2.10. The number of rotatable bonds is 7. The van der Waals surface area contributed by atoms with E-state index in [1.807, 2.05) is 55.5 Å². The summed E-state index contributed by atoms with van der Waals surface area (Å²) in [4.78, 5) is 12.9. The van der Waals surface area contributed by atoms with Gasteiger partial charge in [0, 0.05) is 22.4 Å². The lowest BCUT2D eigenvalue weighted by atomic mass is 10.1. The molecule has 0 heterocycles. The largest absolute Gasteiger partial charge is 0.494 e. The zero-order valence-electron chi connectivity index (χ0n) is 19.4. The maximum Gasteiger partial charge on any atom is 0.271 e. The standard InChI is InChI=1S/C28H23N3O4S/c1-2-35-21-15-17-22(18-16-21)36(33,34)31-20-13-11-19(12-14-20)28(32)30-29-27-25-9-5-3-7-23(25)24-8-4-6-10-26(24)27/h3-18,31H,2H2,1H3,(H,30,32). The Morgan fingerprint density at radius 1 is 0.778 bits per heavy atom. The number of ether oxygens (including phenoxy) is 1. The van der Waals surface area contributed by atoms with Crippen molar-refractivity contribution in [3.8, 4) is 16.9 Å². The van der Waals surface area contributed by atoms with Crippen molar-refractivity contribution in [1.82, 2.24) is 5.43 Å². The van der Waals surface area contributed by atoms with Crippen LogP contribution in [-0.4, -0.2) is 26.6 Å². The zero-order valence-corrected chi connectivity index (χ0v) is 20.2. The van der Waals surface area contributed by atoms with E-state index in [1.54, 1.807) is 24.3 Å². The summed E-state index contributed by atoms with van der Waals surface area (Å²) in [6.45, 7) is 2.35. The van der Waals surface area contributed by atoms with Crippen LogP contribution in [0.2, 0.25) is 0 Å². The molecule has 0 aliphatic heterocycles. The van der Waals surface area contributed by atoms with Crippen molar-refractivity contribution in [2.75, 3.05) is 11.3 Å². The second-order valence-corrected chi connectivity index (χ2v) is 9.76. The maximum atomic E-state index is 12.8. The van der Waals surface area contributed by atoms with Gasteiger partial charge in [0.15, 0.2) is 0 Å². The van der Waals surface area contributed by atoms with Gasteiger partial charge in [0.25, 0.3) is 15.9 Å². The molecule has 36 heavy (non-hydrogen) atoms. The lowest BCUT2D eigenvalue weighted by molar-refractivity contribution is 0.0955. The first-order chi connectivity index (χ1) is 17.5. The van der Waals surface area contributed by atoms with Gasteiger partial charge >= 0.3 is 0 Å². The Hall–Kier alpha value is -4.43. The highest BCUT2D eigenvalue weighted by Crippen LogP contribution is 2.36. The molecule has 5 rings (SSSR count). The third kappa shape index (κ3) is 4.58. The van der Waals surface area contributed by atoms with E-state index in [0.29, 0.717) is 29.3 Å². The molecule has 7 nitrogen and oxygen atoms in total. The number of carbonyl (C=O) groups excluding carboxylic acids is 1. The van der Waals surface area contributed by atoms with Crippen molar-refractivity contribution in [2.45, 2.75) is 11.8 Å². The third-order valence-corrected chi connectivity index (χ3v) is 7.17. The summed E-state index contributed by atoms with van der Waals surface area (Å²) in [6, 6.07) is 28.2. The Morgan fingerprint density at radius 3 is 1.89 bits per heavy atom. The van der Waals surface area contributed by atoms with Crippen LogP contribution in [0.15, 0.2) is 107 Å². The number of hydrogen-bond donors (Lipinski definition) is 2. The van der Waals surface area contributed by atoms with E-state index < -0.39 is 15.9 Å². The molecule has 180 valence electrons. The van der Waals surface area contributed by atoms with E-state index in [-0.39, 0.29) is 4.90 Å². The highest BCUT2D eigenvalue weighted by Gasteiger charge is 2.24. The summed E-state index contributed by atoms with van der Waals surface area (Å²) < 4.78 is 33.3. The molecule has 2 N–H and O–H groups in total. The molecule has 0 aromatic heterocycles. The molecule has 1 amide bonds. The van der Waals surface area contributed by atoms with E-state index >= 15 is 0 Å². The number of carbonyl (C=O) groups is 1. The minimum absolute atomic E-state index is 0.112. The van der Waals surface area contributed by atoms with Gasteiger partial charge in [0.2, 0.25) is 0 Å². The number of fused-ring (bicyclic) bond motifs is 3. The number of nitrogens with zero attached hydrogens (tertiary/aromatic N) is 1. The van der Waals surface area contributed by atoms with Crippen molar-refractivity contribution in [3.63, 3.8) is 0 Å². The average Bonchev–Trinajstić information content (AvgIpc) is 3.22. The van der Waals surface area contributed by atoms with Crippen LogP contribution in [0.4, 0.5) is 5.69 Å². The minimum Gasteiger partial charge on any atom is -0.494 e. The van der Waals surface area contributed by atoms with E-state index in [0.717, 1.165) is 22.3 Å². The second-order valence-electron chi connectivity index (χ2n) is 8.08. The van der Waals surface area contributed by atoms with E-state index in [1.165, 1.54) is 24.3 Å². The molecule has 0 unspecified atom stereocenters. The van der Waals surface area contributed by atoms with Gasteiger partial charge in [-0.15, -0.1) is 0 Å². The summed E-state index contributed by atoms with van der Waals surface area (Å²) in [5.41, 5.74) is 8.08. The Kier molecular flexibility index (Phi) is 6.26. The number of amides is 1. The topological polar surface area (TPSA) is 96.9 Å². The Bertz CT molecular complexity index is 1510. The number of anilines is 1. The van der Waals surface area contributed by atoms with Crippen molar-refractivity contribution >= 4 is 27.3 Å². The number of hydrazone groups is 1. The number of nitrogens with one attached hydrogen (secondary N) is 2. The third-order valence-electron chi connectivity index (χ3n) is 5.77. The van der Waals surface area contributed by atoms with Crippen LogP contribution in [0.25, 0.3) is 11.1 Å². The first-order valence-corrected chi connectivity index (χ1v) is 12.9. The van der Waals surface area contributed by atoms with Crippen molar-refractivity contribution < 1.29 is 17.9 Å². The van der Waals surface area contributed by atoms with Crippen LogP contribution >= 0.6 is 0 Å². The SMILES string of the molecule is CCOc1ccc(S(=O)(=O)Nc2ccc(C(=O)NN=C3c4ccccc4-c4ccccc43)cc2)cc1. The van der Waals surface area contributed by atoms with Crippen molar-refractivity contribution in [2.24, 2.45) is 5.10 Å². The molecule has 0 bridgehead atoms. The summed E-state index contributed by atoms with van der Waals surface area (Å²) in [5.74, 6) is 0.199. The zero-order chi connectivity index (χ0) is 25.1. The summed E-state index contributed by atoms with van der Waals surface area (Å²) in [6.07, 6.45) is 0. The molecule has 0 saturated heterocycles. The van der Waals surface area contributed by atoms with Crippen LogP contribution in [0.5, 0.6) is 5.75 Å². The quantitative estimate of drug-likeness (QED) is 0.308. The second kappa shape index (κ2) is 9.67. The van der Waals surface area contributed by atoms with Crippen LogP contribution < -0.4 is 14.9 Å². The van der Waals surface area contributed by atoms with Gasteiger partial charge in [-0.3, -0.25) is 9.52 Å².